The summed E-state index contributed by atoms with van der Waals surface area (Å²) in [6, 6.07) is 3.70. The van der Waals surface area contributed by atoms with Crippen LogP contribution in [0.4, 0.5) is 5.82 Å². The molecule has 86 valence electrons. The standard InChI is InChI=1S/C11H15N3O2/c1-8-4-2-3-7-14(8)10-6-5-9(11(15)16)12-13-10/h5-6,8H,2-4,7H2,1H3,(H,15,16)/t8-/m0/s1. The molecular weight excluding hydrogens is 206 g/mol. The van der Waals surface area contributed by atoms with E-state index in [9.17, 15) is 4.79 Å². The van der Waals surface area contributed by atoms with Crippen LogP contribution in [0.15, 0.2) is 12.1 Å². The monoisotopic (exact) mass is 221 g/mol. The van der Waals surface area contributed by atoms with Gasteiger partial charge in [0.05, 0.1) is 0 Å². The van der Waals surface area contributed by atoms with Crippen LogP contribution >= 0.6 is 0 Å². The number of rotatable bonds is 2. The van der Waals surface area contributed by atoms with Crippen molar-refractivity contribution in [2.75, 3.05) is 11.4 Å². The Labute approximate surface area is 94.1 Å². The van der Waals surface area contributed by atoms with Crippen LogP contribution in [-0.2, 0) is 0 Å². The van der Waals surface area contributed by atoms with Crippen molar-refractivity contribution in [2.24, 2.45) is 0 Å². The fraction of sp³-hybridized carbons (Fsp3) is 0.545. The molecule has 1 aromatic heterocycles. The Hall–Kier alpha value is -1.65. The molecule has 1 aromatic rings. The number of aromatic nitrogens is 2. The number of anilines is 1. The van der Waals surface area contributed by atoms with Gasteiger partial charge in [-0.25, -0.2) is 4.79 Å². The van der Waals surface area contributed by atoms with Gasteiger partial charge in [-0.2, -0.15) is 0 Å². The lowest BCUT2D eigenvalue weighted by Gasteiger charge is -2.33. The minimum atomic E-state index is -1.04. The molecule has 2 heterocycles. The summed E-state index contributed by atoms with van der Waals surface area (Å²) in [7, 11) is 0. The van der Waals surface area contributed by atoms with Gasteiger partial charge >= 0.3 is 5.97 Å². The molecule has 1 atom stereocenters. The van der Waals surface area contributed by atoms with Crippen LogP contribution in [-0.4, -0.2) is 33.9 Å². The molecule has 0 aromatic carbocycles. The summed E-state index contributed by atoms with van der Waals surface area (Å²) >= 11 is 0. The third-order valence-electron chi connectivity index (χ3n) is 2.97. The number of hydrogen-bond donors (Lipinski definition) is 1. The van der Waals surface area contributed by atoms with E-state index >= 15 is 0 Å². The van der Waals surface area contributed by atoms with Crippen molar-refractivity contribution in [3.63, 3.8) is 0 Å². The fourth-order valence-electron chi connectivity index (χ4n) is 2.03. The Morgan fingerprint density at radius 3 is 2.81 bits per heavy atom. The summed E-state index contributed by atoms with van der Waals surface area (Å²) in [4.78, 5) is 12.8. The lowest BCUT2D eigenvalue weighted by molar-refractivity contribution is 0.0689. The van der Waals surface area contributed by atoms with Crippen molar-refractivity contribution < 1.29 is 9.90 Å². The number of aromatic carboxylic acids is 1. The topological polar surface area (TPSA) is 66.3 Å². The Balaban J connectivity index is 2.17. The molecule has 1 aliphatic heterocycles. The molecule has 1 aliphatic rings. The first-order chi connectivity index (χ1) is 7.68. The normalized spacial score (nSPS) is 20.8. The number of hydrogen-bond acceptors (Lipinski definition) is 4. The third kappa shape index (κ3) is 2.13. The zero-order valence-corrected chi connectivity index (χ0v) is 9.26. The van der Waals surface area contributed by atoms with Crippen LogP contribution in [0.2, 0.25) is 0 Å². The Bertz CT molecular complexity index is 377. The molecule has 1 saturated heterocycles. The predicted octanol–water partition coefficient (Wildman–Crippen LogP) is 1.55. The van der Waals surface area contributed by atoms with Gasteiger partial charge in [-0.05, 0) is 38.3 Å². The Morgan fingerprint density at radius 1 is 1.44 bits per heavy atom. The highest BCUT2D eigenvalue weighted by molar-refractivity contribution is 5.85. The molecule has 1 fully saturated rings. The van der Waals surface area contributed by atoms with Crippen molar-refractivity contribution >= 4 is 11.8 Å². The summed E-state index contributed by atoms with van der Waals surface area (Å²) in [5.41, 5.74) is -0.00610. The van der Waals surface area contributed by atoms with Gasteiger partial charge in [0.2, 0.25) is 0 Å². The molecule has 0 amide bonds. The van der Waals surface area contributed by atoms with E-state index in [1.165, 1.54) is 12.5 Å². The number of nitrogens with zero attached hydrogens (tertiary/aromatic N) is 3. The molecule has 0 bridgehead atoms. The quantitative estimate of drug-likeness (QED) is 0.820. The maximum absolute atomic E-state index is 10.6. The Morgan fingerprint density at radius 2 is 2.25 bits per heavy atom. The summed E-state index contributed by atoms with van der Waals surface area (Å²) < 4.78 is 0. The van der Waals surface area contributed by atoms with Gasteiger partial charge in [-0.15, -0.1) is 10.2 Å². The second-order valence-electron chi connectivity index (χ2n) is 4.12. The highest BCUT2D eigenvalue weighted by Gasteiger charge is 2.20. The minimum absolute atomic E-state index is 0.00610. The number of piperidine rings is 1. The molecule has 1 N–H and O–H groups in total. The van der Waals surface area contributed by atoms with Crippen molar-refractivity contribution in [3.05, 3.63) is 17.8 Å². The van der Waals surface area contributed by atoms with Crippen LogP contribution in [0.5, 0.6) is 0 Å². The largest absolute Gasteiger partial charge is 0.476 e. The smallest absolute Gasteiger partial charge is 0.356 e. The predicted molar refractivity (Wildman–Crippen MR) is 59.7 cm³/mol. The van der Waals surface area contributed by atoms with Crippen LogP contribution < -0.4 is 4.90 Å². The van der Waals surface area contributed by atoms with E-state index in [0.29, 0.717) is 6.04 Å². The molecule has 5 nitrogen and oxygen atoms in total. The molecule has 0 aliphatic carbocycles. The SMILES string of the molecule is C[C@H]1CCCCN1c1ccc(C(=O)O)nn1. The average Bonchev–Trinajstić information content (AvgIpc) is 2.30. The molecule has 0 spiro atoms. The lowest BCUT2D eigenvalue weighted by atomic mass is 10.0. The van der Waals surface area contributed by atoms with E-state index in [-0.39, 0.29) is 5.69 Å². The van der Waals surface area contributed by atoms with Gasteiger partial charge in [0.1, 0.15) is 0 Å². The first kappa shape index (κ1) is 10.9. The maximum Gasteiger partial charge on any atom is 0.356 e. The third-order valence-corrected chi connectivity index (χ3v) is 2.97. The fourth-order valence-corrected chi connectivity index (χ4v) is 2.03. The number of carbonyl (C=O) groups is 1. The van der Waals surface area contributed by atoms with Gasteiger partial charge in [-0.3, -0.25) is 0 Å². The molecule has 0 unspecified atom stereocenters. The van der Waals surface area contributed by atoms with Gasteiger partial charge < -0.3 is 10.0 Å². The van der Waals surface area contributed by atoms with Crippen molar-refractivity contribution in [3.8, 4) is 0 Å². The highest BCUT2D eigenvalue weighted by Crippen LogP contribution is 2.21. The summed E-state index contributed by atoms with van der Waals surface area (Å²) in [6.45, 7) is 3.13. The van der Waals surface area contributed by atoms with Gasteiger partial charge in [0.25, 0.3) is 0 Å². The van der Waals surface area contributed by atoms with E-state index in [0.717, 1.165) is 25.2 Å². The zero-order chi connectivity index (χ0) is 11.5. The molecule has 0 saturated carbocycles. The van der Waals surface area contributed by atoms with E-state index < -0.39 is 5.97 Å². The van der Waals surface area contributed by atoms with E-state index in [2.05, 4.69) is 22.0 Å². The maximum atomic E-state index is 10.6. The van der Waals surface area contributed by atoms with Crippen LogP contribution in [0.1, 0.15) is 36.7 Å². The molecule has 16 heavy (non-hydrogen) atoms. The summed E-state index contributed by atoms with van der Waals surface area (Å²) in [5.74, 6) is -0.261. The lowest BCUT2D eigenvalue weighted by Crippen LogP contribution is -2.38. The second-order valence-corrected chi connectivity index (χ2v) is 4.12. The van der Waals surface area contributed by atoms with Crippen LogP contribution in [0.3, 0.4) is 0 Å². The highest BCUT2D eigenvalue weighted by atomic mass is 16.4. The molecule has 5 heteroatoms. The second kappa shape index (κ2) is 4.47. The summed E-state index contributed by atoms with van der Waals surface area (Å²) in [5, 5.41) is 16.4. The van der Waals surface area contributed by atoms with Gasteiger partial charge in [-0.1, -0.05) is 0 Å². The number of carboxylic acid groups (broad SMARTS) is 1. The minimum Gasteiger partial charge on any atom is -0.476 e. The number of carboxylic acids is 1. The van der Waals surface area contributed by atoms with Crippen molar-refractivity contribution in [1.29, 1.82) is 0 Å². The molecule has 0 radical (unpaired) electrons. The zero-order valence-electron chi connectivity index (χ0n) is 9.26. The molecular formula is C11H15N3O2. The first-order valence-electron chi connectivity index (χ1n) is 5.52. The van der Waals surface area contributed by atoms with Crippen LogP contribution in [0.25, 0.3) is 0 Å². The van der Waals surface area contributed by atoms with Crippen molar-refractivity contribution in [2.45, 2.75) is 32.2 Å². The Kier molecular flexibility index (Phi) is 3.03. The first-order valence-corrected chi connectivity index (χ1v) is 5.52. The van der Waals surface area contributed by atoms with Gasteiger partial charge in [0.15, 0.2) is 11.5 Å². The average molecular weight is 221 g/mol. The van der Waals surface area contributed by atoms with Crippen LogP contribution in [0, 0.1) is 0 Å². The summed E-state index contributed by atoms with van der Waals surface area (Å²) in [6.07, 6.45) is 3.56. The van der Waals surface area contributed by atoms with Crippen molar-refractivity contribution in [1.82, 2.24) is 10.2 Å². The van der Waals surface area contributed by atoms with E-state index in [1.807, 2.05) is 0 Å². The molecule has 2 rings (SSSR count). The van der Waals surface area contributed by atoms with E-state index in [4.69, 9.17) is 5.11 Å². The van der Waals surface area contributed by atoms with Gasteiger partial charge in [0, 0.05) is 12.6 Å². The van der Waals surface area contributed by atoms with E-state index in [1.54, 1.807) is 6.07 Å².